The minimum absolute atomic E-state index is 0.0105. The van der Waals surface area contributed by atoms with Gasteiger partial charge in [0.05, 0.1) is 11.1 Å². The summed E-state index contributed by atoms with van der Waals surface area (Å²) in [6.07, 6.45) is 1.23. The van der Waals surface area contributed by atoms with Gasteiger partial charge in [-0.15, -0.1) is 0 Å². The minimum Gasteiger partial charge on any atom is -0.393 e. The smallest absolute Gasteiger partial charge is 0.253 e. The van der Waals surface area contributed by atoms with Crippen LogP contribution in [0, 0.1) is 11.7 Å². The van der Waals surface area contributed by atoms with Crippen molar-refractivity contribution in [2.24, 2.45) is 5.92 Å². The Morgan fingerprint density at radius 2 is 2.22 bits per heavy atom. The average Bonchev–Trinajstić information content (AvgIpc) is 2.29. The fraction of sp³-hybridized carbons (Fsp3) is 0.462. The van der Waals surface area contributed by atoms with Crippen LogP contribution in [0.25, 0.3) is 0 Å². The van der Waals surface area contributed by atoms with Gasteiger partial charge in [-0.05, 0) is 37.0 Å². The predicted molar refractivity (Wildman–Crippen MR) is 67.1 cm³/mol. The van der Waals surface area contributed by atoms with E-state index < -0.39 is 5.82 Å². The Morgan fingerprint density at radius 3 is 2.78 bits per heavy atom. The van der Waals surface area contributed by atoms with Crippen LogP contribution < -0.4 is 0 Å². The Bertz CT molecular complexity index is 460. The normalized spacial score (nSPS) is 22.4. The molecule has 0 bridgehead atoms. The van der Waals surface area contributed by atoms with Crippen molar-refractivity contribution in [3.63, 3.8) is 0 Å². The van der Waals surface area contributed by atoms with Crippen molar-refractivity contribution < 1.29 is 14.3 Å². The Hall–Kier alpha value is -1.13. The summed E-state index contributed by atoms with van der Waals surface area (Å²) in [5, 5.41) is 9.20. The Kier molecular flexibility index (Phi) is 3.88. The van der Waals surface area contributed by atoms with Gasteiger partial charge >= 0.3 is 0 Å². The summed E-state index contributed by atoms with van der Waals surface area (Å²) in [4.78, 5) is 13.6. The summed E-state index contributed by atoms with van der Waals surface area (Å²) in [7, 11) is 1.68. The molecule has 98 valence electrons. The van der Waals surface area contributed by atoms with E-state index in [1.54, 1.807) is 11.9 Å². The largest absolute Gasteiger partial charge is 0.393 e. The monoisotopic (exact) mass is 271 g/mol. The zero-order valence-electron chi connectivity index (χ0n) is 10.1. The summed E-state index contributed by atoms with van der Waals surface area (Å²) in [6.45, 7) is 0.583. The highest BCUT2D eigenvalue weighted by atomic mass is 35.5. The van der Waals surface area contributed by atoms with Gasteiger partial charge in [-0.25, -0.2) is 4.39 Å². The first-order valence-corrected chi connectivity index (χ1v) is 6.23. The quantitative estimate of drug-likeness (QED) is 0.917. The lowest BCUT2D eigenvalue weighted by molar-refractivity contribution is 0.0265. The SMILES string of the molecule is CN(CC1CC(O)C1)C(=O)c1ccc(Cl)c(F)c1. The van der Waals surface area contributed by atoms with Crippen molar-refractivity contribution in [2.75, 3.05) is 13.6 Å². The first-order chi connectivity index (χ1) is 8.47. The highest BCUT2D eigenvalue weighted by Gasteiger charge is 2.29. The Labute approximate surface area is 110 Å². The molecule has 0 saturated heterocycles. The van der Waals surface area contributed by atoms with Crippen LogP contribution >= 0.6 is 11.6 Å². The fourth-order valence-electron chi connectivity index (χ4n) is 2.17. The maximum absolute atomic E-state index is 13.3. The van der Waals surface area contributed by atoms with Crippen LogP contribution in [0.3, 0.4) is 0 Å². The average molecular weight is 272 g/mol. The van der Waals surface area contributed by atoms with E-state index in [1.807, 2.05) is 0 Å². The molecule has 0 radical (unpaired) electrons. The van der Waals surface area contributed by atoms with E-state index in [2.05, 4.69) is 0 Å². The molecule has 1 saturated carbocycles. The van der Waals surface area contributed by atoms with Gasteiger partial charge in [0.2, 0.25) is 0 Å². The Morgan fingerprint density at radius 1 is 1.56 bits per heavy atom. The van der Waals surface area contributed by atoms with Crippen molar-refractivity contribution in [1.29, 1.82) is 0 Å². The second kappa shape index (κ2) is 5.24. The van der Waals surface area contributed by atoms with E-state index >= 15 is 0 Å². The molecular weight excluding hydrogens is 257 g/mol. The number of benzene rings is 1. The van der Waals surface area contributed by atoms with Crippen LogP contribution in [0.5, 0.6) is 0 Å². The number of aliphatic hydroxyl groups excluding tert-OH is 1. The summed E-state index contributed by atoms with van der Waals surface area (Å²) in [5.41, 5.74) is 0.291. The number of halogens is 2. The van der Waals surface area contributed by atoms with Gasteiger partial charge in [0.1, 0.15) is 5.82 Å². The van der Waals surface area contributed by atoms with Gasteiger partial charge < -0.3 is 10.0 Å². The van der Waals surface area contributed by atoms with Crippen LogP contribution in [0.4, 0.5) is 4.39 Å². The second-order valence-corrected chi connectivity index (χ2v) is 5.21. The van der Waals surface area contributed by atoms with E-state index in [0.717, 1.165) is 18.9 Å². The molecule has 1 fully saturated rings. The number of amides is 1. The third-order valence-electron chi connectivity index (χ3n) is 3.26. The lowest BCUT2D eigenvalue weighted by atomic mass is 9.82. The highest BCUT2D eigenvalue weighted by Crippen LogP contribution is 2.28. The highest BCUT2D eigenvalue weighted by molar-refractivity contribution is 6.30. The van der Waals surface area contributed by atoms with Crippen LogP contribution in [-0.4, -0.2) is 35.6 Å². The molecule has 1 aromatic carbocycles. The molecule has 1 aliphatic rings. The van der Waals surface area contributed by atoms with Gasteiger partial charge in [-0.3, -0.25) is 4.79 Å². The maximum atomic E-state index is 13.3. The molecule has 3 nitrogen and oxygen atoms in total. The number of carbonyl (C=O) groups is 1. The van der Waals surface area contributed by atoms with E-state index in [4.69, 9.17) is 11.6 Å². The predicted octanol–water partition coefficient (Wildman–Crippen LogP) is 2.32. The molecule has 0 heterocycles. The van der Waals surface area contributed by atoms with Crippen molar-refractivity contribution in [3.05, 3.63) is 34.6 Å². The standard InChI is InChI=1S/C13H15ClFNO2/c1-16(7-8-4-10(17)5-8)13(18)9-2-3-11(14)12(15)6-9/h2-3,6,8,10,17H,4-5,7H2,1H3. The molecule has 0 aliphatic heterocycles. The maximum Gasteiger partial charge on any atom is 0.253 e. The molecule has 18 heavy (non-hydrogen) atoms. The van der Waals surface area contributed by atoms with Crippen molar-refractivity contribution in [1.82, 2.24) is 4.90 Å². The number of hydrogen-bond acceptors (Lipinski definition) is 2. The number of rotatable bonds is 3. The van der Waals surface area contributed by atoms with Gasteiger partial charge in [0.15, 0.2) is 0 Å². The molecule has 1 aliphatic carbocycles. The molecule has 1 amide bonds. The van der Waals surface area contributed by atoms with Gasteiger partial charge in [-0.1, -0.05) is 11.6 Å². The van der Waals surface area contributed by atoms with E-state index in [9.17, 15) is 14.3 Å². The van der Waals surface area contributed by atoms with E-state index in [-0.39, 0.29) is 17.0 Å². The molecular formula is C13H15ClFNO2. The van der Waals surface area contributed by atoms with E-state index in [1.165, 1.54) is 12.1 Å². The molecule has 0 spiro atoms. The topological polar surface area (TPSA) is 40.5 Å². The van der Waals surface area contributed by atoms with Crippen LogP contribution in [0.1, 0.15) is 23.2 Å². The van der Waals surface area contributed by atoms with Crippen LogP contribution in [0.2, 0.25) is 5.02 Å². The summed E-state index contributed by atoms with van der Waals surface area (Å²) < 4.78 is 13.3. The number of aliphatic hydroxyl groups is 1. The number of carbonyl (C=O) groups excluding carboxylic acids is 1. The third kappa shape index (κ3) is 2.82. The summed E-state index contributed by atoms with van der Waals surface area (Å²) >= 11 is 5.57. The Balaban J connectivity index is 1.99. The van der Waals surface area contributed by atoms with Gasteiger partial charge in [0, 0.05) is 19.2 Å². The van der Waals surface area contributed by atoms with E-state index in [0.29, 0.717) is 18.0 Å². The lowest BCUT2D eigenvalue weighted by Crippen LogP contribution is -2.39. The fourth-order valence-corrected chi connectivity index (χ4v) is 2.29. The number of nitrogens with zero attached hydrogens (tertiary/aromatic N) is 1. The molecule has 2 rings (SSSR count). The first-order valence-electron chi connectivity index (χ1n) is 5.86. The summed E-state index contributed by atoms with van der Waals surface area (Å²) in [5.74, 6) is -0.479. The molecule has 0 aromatic heterocycles. The minimum atomic E-state index is -0.588. The second-order valence-electron chi connectivity index (χ2n) is 4.81. The lowest BCUT2D eigenvalue weighted by Gasteiger charge is -2.34. The van der Waals surface area contributed by atoms with Crippen LogP contribution in [0.15, 0.2) is 18.2 Å². The molecule has 0 unspecified atom stereocenters. The first kappa shape index (κ1) is 13.3. The zero-order chi connectivity index (χ0) is 13.3. The summed E-state index contributed by atoms with van der Waals surface area (Å²) in [6, 6.07) is 4.04. The van der Waals surface area contributed by atoms with Gasteiger partial charge in [0.25, 0.3) is 5.91 Å². The molecule has 1 N–H and O–H groups in total. The van der Waals surface area contributed by atoms with Crippen molar-refractivity contribution in [3.8, 4) is 0 Å². The van der Waals surface area contributed by atoms with Crippen molar-refractivity contribution >= 4 is 17.5 Å². The molecule has 1 aromatic rings. The zero-order valence-corrected chi connectivity index (χ0v) is 10.8. The van der Waals surface area contributed by atoms with Gasteiger partial charge in [-0.2, -0.15) is 0 Å². The third-order valence-corrected chi connectivity index (χ3v) is 3.56. The molecule has 5 heteroatoms. The van der Waals surface area contributed by atoms with Crippen LogP contribution in [-0.2, 0) is 0 Å². The number of hydrogen-bond donors (Lipinski definition) is 1. The molecule has 0 atom stereocenters. The van der Waals surface area contributed by atoms with Crippen molar-refractivity contribution in [2.45, 2.75) is 18.9 Å².